The predicted octanol–water partition coefficient (Wildman–Crippen LogP) is 3.19. The van der Waals surface area contributed by atoms with Crippen LogP contribution in [0.15, 0.2) is 0 Å². The lowest BCUT2D eigenvalue weighted by atomic mass is 9.83. The average molecular weight is 208 g/mol. The molecule has 0 aromatic heterocycles. The largest absolute Gasteiger partial charge is 0.285 e. The molecular formula is C13H24N2. The Kier molecular flexibility index (Phi) is 4.60. The van der Waals surface area contributed by atoms with Crippen LogP contribution in [0.1, 0.15) is 52.9 Å². The van der Waals surface area contributed by atoms with E-state index in [1.54, 1.807) is 0 Å². The van der Waals surface area contributed by atoms with Crippen LogP contribution in [0.2, 0.25) is 0 Å². The fraction of sp³-hybridized carbons (Fsp3) is 0.923. The van der Waals surface area contributed by atoms with Crippen LogP contribution >= 0.6 is 0 Å². The lowest BCUT2D eigenvalue weighted by Gasteiger charge is -2.40. The van der Waals surface area contributed by atoms with E-state index in [1.165, 1.54) is 25.7 Å². The van der Waals surface area contributed by atoms with Gasteiger partial charge in [-0.15, -0.1) is 0 Å². The summed E-state index contributed by atoms with van der Waals surface area (Å²) in [5.41, 5.74) is -0.218. The highest BCUT2D eigenvalue weighted by molar-refractivity contribution is 5.09. The summed E-state index contributed by atoms with van der Waals surface area (Å²) in [6.07, 6.45) is 6.13. The van der Waals surface area contributed by atoms with E-state index >= 15 is 0 Å². The first-order valence-corrected chi connectivity index (χ1v) is 6.33. The van der Waals surface area contributed by atoms with Crippen molar-refractivity contribution in [2.24, 2.45) is 5.92 Å². The third-order valence-electron chi connectivity index (χ3n) is 3.86. The number of hydrogen-bond donors (Lipinski definition) is 0. The van der Waals surface area contributed by atoms with Gasteiger partial charge in [0.25, 0.3) is 0 Å². The van der Waals surface area contributed by atoms with Crippen molar-refractivity contribution in [1.82, 2.24) is 4.90 Å². The Morgan fingerprint density at radius 2 is 1.73 bits per heavy atom. The van der Waals surface area contributed by atoms with Crippen molar-refractivity contribution < 1.29 is 0 Å². The molecular weight excluding hydrogens is 184 g/mol. The van der Waals surface area contributed by atoms with Crippen LogP contribution in [0, 0.1) is 17.2 Å². The molecule has 1 unspecified atom stereocenters. The summed E-state index contributed by atoms with van der Waals surface area (Å²) in [4.78, 5) is 2.44. The van der Waals surface area contributed by atoms with Crippen LogP contribution in [0.5, 0.6) is 0 Å². The summed E-state index contributed by atoms with van der Waals surface area (Å²) in [6, 6.07) is 2.59. The third-order valence-corrected chi connectivity index (χ3v) is 3.86. The van der Waals surface area contributed by atoms with Gasteiger partial charge >= 0.3 is 0 Å². The van der Waals surface area contributed by atoms with E-state index in [1.807, 2.05) is 0 Å². The normalized spacial score (nSPS) is 23.1. The molecule has 1 heterocycles. The summed E-state index contributed by atoms with van der Waals surface area (Å²) in [7, 11) is 0. The van der Waals surface area contributed by atoms with Gasteiger partial charge in [-0.25, -0.2) is 0 Å². The second-order valence-electron chi connectivity index (χ2n) is 4.95. The minimum Gasteiger partial charge on any atom is -0.285 e. The highest BCUT2D eigenvalue weighted by Gasteiger charge is 2.38. The van der Waals surface area contributed by atoms with E-state index in [9.17, 15) is 5.26 Å². The molecule has 2 heteroatoms. The lowest BCUT2D eigenvalue weighted by molar-refractivity contribution is 0.0928. The molecule has 0 spiro atoms. The molecule has 0 amide bonds. The van der Waals surface area contributed by atoms with E-state index in [0.717, 1.165) is 19.5 Å². The first kappa shape index (κ1) is 12.5. The Morgan fingerprint density at radius 1 is 1.20 bits per heavy atom. The summed E-state index contributed by atoms with van der Waals surface area (Å²) in [5, 5.41) is 9.50. The Labute approximate surface area is 94.3 Å². The zero-order valence-corrected chi connectivity index (χ0v) is 10.4. The molecule has 1 fully saturated rings. The summed E-state index contributed by atoms with van der Waals surface area (Å²) < 4.78 is 0. The van der Waals surface area contributed by atoms with E-state index in [-0.39, 0.29) is 5.54 Å². The van der Waals surface area contributed by atoms with Crippen molar-refractivity contribution in [2.45, 2.75) is 58.4 Å². The van der Waals surface area contributed by atoms with Gasteiger partial charge in [0.1, 0.15) is 5.54 Å². The Hall–Kier alpha value is -0.550. The molecule has 0 N–H and O–H groups in total. The number of hydrogen-bond acceptors (Lipinski definition) is 2. The molecule has 1 saturated heterocycles. The molecule has 86 valence electrons. The first-order valence-electron chi connectivity index (χ1n) is 6.33. The maximum absolute atomic E-state index is 9.50. The SMILES string of the molecule is CCC(C#N)(C(C)C)N1CCCCCC1. The minimum absolute atomic E-state index is 0.218. The highest BCUT2D eigenvalue weighted by atomic mass is 15.2. The smallest absolute Gasteiger partial charge is 0.111 e. The molecule has 0 bridgehead atoms. The van der Waals surface area contributed by atoms with Crippen molar-refractivity contribution >= 4 is 0 Å². The third kappa shape index (κ3) is 2.52. The van der Waals surface area contributed by atoms with Crippen LogP contribution in [0.4, 0.5) is 0 Å². The van der Waals surface area contributed by atoms with Crippen molar-refractivity contribution in [2.75, 3.05) is 13.1 Å². The quantitative estimate of drug-likeness (QED) is 0.712. The molecule has 0 saturated carbocycles. The highest BCUT2D eigenvalue weighted by Crippen LogP contribution is 2.30. The zero-order chi connectivity index (χ0) is 11.3. The molecule has 0 aromatic rings. The standard InChI is InChI=1S/C13H24N2/c1-4-13(11-14,12(2)3)15-9-7-5-6-8-10-15/h12H,4-10H2,1-3H3. The second kappa shape index (κ2) is 5.51. The van der Waals surface area contributed by atoms with Gasteiger partial charge in [0.05, 0.1) is 6.07 Å². The second-order valence-corrected chi connectivity index (χ2v) is 4.95. The monoisotopic (exact) mass is 208 g/mol. The molecule has 1 rings (SSSR count). The van der Waals surface area contributed by atoms with Crippen LogP contribution < -0.4 is 0 Å². The average Bonchev–Trinajstić information content (AvgIpc) is 2.49. The van der Waals surface area contributed by atoms with Gasteiger partial charge in [-0.3, -0.25) is 4.90 Å². The lowest BCUT2D eigenvalue weighted by Crippen LogP contribution is -2.51. The Balaban J connectivity index is 2.82. The fourth-order valence-corrected chi connectivity index (χ4v) is 2.75. The molecule has 15 heavy (non-hydrogen) atoms. The van der Waals surface area contributed by atoms with Gasteiger partial charge in [0, 0.05) is 0 Å². The molecule has 1 atom stereocenters. The Morgan fingerprint density at radius 3 is 2.07 bits per heavy atom. The molecule has 0 radical (unpaired) electrons. The van der Waals surface area contributed by atoms with Crippen LogP contribution in [0.3, 0.4) is 0 Å². The van der Waals surface area contributed by atoms with Crippen molar-refractivity contribution in [1.29, 1.82) is 5.26 Å². The fourth-order valence-electron chi connectivity index (χ4n) is 2.75. The maximum atomic E-state index is 9.50. The summed E-state index contributed by atoms with van der Waals surface area (Å²) in [6.45, 7) is 8.72. The zero-order valence-electron chi connectivity index (χ0n) is 10.4. The van der Waals surface area contributed by atoms with Gasteiger partial charge < -0.3 is 0 Å². The van der Waals surface area contributed by atoms with Gasteiger partial charge in [-0.05, 0) is 38.3 Å². The van der Waals surface area contributed by atoms with Crippen LogP contribution in [-0.4, -0.2) is 23.5 Å². The topological polar surface area (TPSA) is 27.0 Å². The van der Waals surface area contributed by atoms with E-state index in [0.29, 0.717) is 5.92 Å². The van der Waals surface area contributed by atoms with E-state index in [4.69, 9.17) is 0 Å². The number of nitrogens with zero attached hydrogens (tertiary/aromatic N) is 2. The molecule has 0 aliphatic carbocycles. The van der Waals surface area contributed by atoms with E-state index < -0.39 is 0 Å². The van der Waals surface area contributed by atoms with Gasteiger partial charge in [0.15, 0.2) is 0 Å². The molecule has 1 aliphatic rings. The predicted molar refractivity (Wildman–Crippen MR) is 63.5 cm³/mol. The van der Waals surface area contributed by atoms with Gasteiger partial charge in [0.2, 0.25) is 0 Å². The maximum Gasteiger partial charge on any atom is 0.111 e. The summed E-state index contributed by atoms with van der Waals surface area (Å²) >= 11 is 0. The van der Waals surface area contributed by atoms with E-state index in [2.05, 4.69) is 31.7 Å². The van der Waals surface area contributed by atoms with Crippen LogP contribution in [0.25, 0.3) is 0 Å². The summed E-state index contributed by atoms with van der Waals surface area (Å²) in [5.74, 6) is 0.422. The van der Waals surface area contributed by atoms with Crippen molar-refractivity contribution in [3.05, 3.63) is 0 Å². The number of nitriles is 1. The molecule has 2 nitrogen and oxygen atoms in total. The van der Waals surface area contributed by atoms with Crippen LogP contribution in [-0.2, 0) is 0 Å². The van der Waals surface area contributed by atoms with Gasteiger partial charge in [-0.2, -0.15) is 5.26 Å². The Bertz CT molecular complexity index is 221. The number of likely N-dealkylation sites (tertiary alicyclic amines) is 1. The first-order chi connectivity index (χ1) is 7.17. The van der Waals surface area contributed by atoms with Gasteiger partial charge in [-0.1, -0.05) is 33.6 Å². The molecule has 0 aromatic carbocycles. The van der Waals surface area contributed by atoms with Crippen molar-refractivity contribution in [3.8, 4) is 6.07 Å². The minimum atomic E-state index is -0.218. The number of rotatable bonds is 3. The van der Waals surface area contributed by atoms with Crippen molar-refractivity contribution in [3.63, 3.8) is 0 Å². The molecule has 1 aliphatic heterocycles.